The number of carbonyl (C=O) groups excluding carboxylic acids is 1. The molecule has 0 N–H and O–H groups in total. The van der Waals surface area contributed by atoms with Gasteiger partial charge in [-0.25, -0.2) is 0 Å². The molecule has 0 saturated heterocycles. The lowest BCUT2D eigenvalue weighted by atomic mass is 10.4. The van der Waals surface area contributed by atoms with E-state index in [1.807, 2.05) is 0 Å². The van der Waals surface area contributed by atoms with Gasteiger partial charge in [-0.1, -0.05) is 23.9 Å². The van der Waals surface area contributed by atoms with Crippen LogP contribution in [-0.2, 0) is 9.53 Å². The Balaban J connectivity index is 3.64. The summed E-state index contributed by atoms with van der Waals surface area (Å²) in [5.41, 5.74) is 2.61. The van der Waals surface area contributed by atoms with Gasteiger partial charge in [-0.15, -0.1) is 0 Å². The molecule has 0 fully saturated rings. The third-order valence-electron chi connectivity index (χ3n) is 0.734. The van der Waals surface area contributed by atoms with Crippen molar-refractivity contribution in [2.45, 2.75) is 13.3 Å². The Kier molecular flexibility index (Phi) is 5.26. The molecular formula is C8H9ClO2. The summed E-state index contributed by atoms with van der Waals surface area (Å²) in [7, 11) is 0. The molecule has 0 aromatic carbocycles. The van der Waals surface area contributed by atoms with Crippen LogP contribution in [0.25, 0.3) is 0 Å². The molecule has 0 aliphatic heterocycles. The van der Waals surface area contributed by atoms with Gasteiger partial charge in [0, 0.05) is 18.4 Å². The summed E-state index contributed by atoms with van der Waals surface area (Å²) in [6, 6.07) is 0. The van der Waals surface area contributed by atoms with E-state index in [0.717, 1.165) is 0 Å². The molecule has 0 aromatic rings. The van der Waals surface area contributed by atoms with Crippen LogP contribution < -0.4 is 0 Å². The molecule has 0 saturated carbocycles. The van der Waals surface area contributed by atoms with E-state index >= 15 is 0 Å². The molecule has 2 nitrogen and oxygen atoms in total. The van der Waals surface area contributed by atoms with E-state index in [-0.39, 0.29) is 5.97 Å². The van der Waals surface area contributed by atoms with E-state index < -0.39 is 0 Å². The third kappa shape index (κ3) is 9.02. The largest absolute Gasteiger partial charge is 0.426 e. The number of hydrogen-bond acceptors (Lipinski definition) is 2. The van der Waals surface area contributed by atoms with Crippen LogP contribution >= 0.6 is 11.6 Å². The summed E-state index contributed by atoms with van der Waals surface area (Å²) >= 11 is 5.43. The quantitative estimate of drug-likeness (QED) is 0.371. The Bertz CT molecular complexity index is 192. The van der Waals surface area contributed by atoms with Crippen molar-refractivity contribution in [3.63, 3.8) is 0 Å². The number of hydrogen-bond donors (Lipinski definition) is 0. The monoisotopic (exact) mass is 172 g/mol. The summed E-state index contributed by atoms with van der Waals surface area (Å²) in [5.74, 6) is -0.365. The molecule has 0 spiro atoms. The molecule has 0 atom stereocenters. The normalized spacial score (nSPS) is 7.82. The first-order valence-corrected chi connectivity index (χ1v) is 3.40. The van der Waals surface area contributed by atoms with Crippen molar-refractivity contribution >= 4 is 17.6 Å². The highest BCUT2D eigenvalue weighted by atomic mass is 35.5. The van der Waals surface area contributed by atoms with Crippen LogP contribution in [0.4, 0.5) is 0 Å². The Morgan fingerprint density at radius 3 is 2.91 bits per heavy atom. The standard InChI is InChI=1S/C8H9ClO2/c1-7(9)5-3-4-6-11-8(2)10/h3,6H,1,5H2,2H3. The van der Waals surface area contributed by atoms with Crippen molar-refractivity contribution in [1.29, 1.82) is 0 Å². The van der Waals surface area contributed by atoms with Gasteiger partial charge in [-0.2, -0.15) is 0 Å². The first kappa shape index (κ1) is 10.0. The predicted octanol–water partition coefficient (Wildman–Crippen LogP) is 2.36. The minimum Gasteiger partial charge on any atom is -0.426 e. The zero-order valence-corrected chi connectivity index (χ0v) is 7.02. The van der Waals surface area contributed by atoms with Crippen molar-refractivity contribution in [2.24, 2.45) is 0 Å². The number of esters is 1. The molecule has 0 amide bonds. The van der Waals surface area contributed by atoms with Gasteiger partial charge >= 0.3 is 5.97 Å². The Hall–Kier alpha value is -0.980. The van der Waals surface area contributed by atoms with Crippen LogP contribution in [0.15, 0.2) is 29.7 Å². The lowest BCUT2D eigenvalue weighted by Gasteiger charge is -1.85. The zero-order chi connectivity index (χ0) is 8.69. The van der Waals surface area contributed by atoms with Crippen LogP contribution in [0.5, 0.6) is 0 Å². The second kappa shape index (κ2) is 5.78. The second-order valence-corrected chi connectivity index (χ2v) is 2.35. The van der Waals surface area contributed by atoms with Gasteiger partial charge in [0.15, 0.2) is 0 Å². The van der Waals surface area contributed by atoms with E-state index in [0.29, 0.717) is 11.5 Å². The van der Waals surface area contributed by atoms with Gasteiger partial charge in [0.1, 0.15) is 6.26 Å². The van der Waals surface area contributed by atoms with E-state index in [4.69, 9.17) is 11.6 Å². The minimum absolute atomic E-state index is 0.365. The molecule has 60 valence electrons. The maximum absolute atomic E-state index is 10.2. The summed E-state index contributed by atoms with van der Waals surface area (Å²) in [6.45, 7) is 4.78. The predicted molar refractivity (Wildman–Crippen MR) is 44.0 cm³/mol. The lowest BCUT2D eigenvalue weighted by Crippen LogP contribution is -1.88. The van der Waals surface area contributed by atoms with Gasteiger partial charge in [-0.3, -0.25) is 4.79 Å². The fraction of sp³-hybridized carbons (Fsp3) is 0.250. The average molecular weight is 173 g/mol. The molecule has 0 unspecified atom stereocenters. The topological polar surface area (TPSA) is 26.3 Å². The lowest BCUT2D eigenvalue weighted by molar-refractivity contribution is -0.135. The first-order valence-electron chi connectivity index (χ1n) is 3.03. The Labute approximate surface area is 70.8 Å². The van der Waals surface area contributed by atoms with Crippen molar-refractivity contribution in [3.05, 3.63) is 29.7 Å². The summed E-state index contributed by atoms with van der Waals surface area (Å²) in [5, 5.41) is 0.522. The molecule has 0 bridgehead atoms. The van der Waals surface area contributed by atoms with Crippen molar-refractivity contribution < 1.29 is 9.53 Å². The van der Waals surface area contributed by atoms with Crippen LogP contribution in [0.2, 0.25) is 0 Å². The van der Waals surface area contributed by atoms with E-state index in [9.17, 15) is 4.79 Å². The minimum atomic E-state index is -0.365. The van der Waals surface area contributed by atoms with Crippen LogP contribution in [-0.4, -0.2) is 5.97 Å². The van der Waals surface area contributed by atoms with Gasteiger partial charge < -0.3 is 4.74 Å². The number of ether oxygens (including phenoxy) is 1. The molecule has 0 aromatic heterocycles. The Morgan fingerprint density at radius 2 is 2.45 bits per heavy atom. The summed E-state index contributed by atoms with van der Waals surface area (Å²) in [4.78, 5) is 10.2. The van der Waals surface area contributed by atoms with E-state index in [1.165, 1.54) is 13.2 Å². The SMILES string of the molecule is C=C(Cl)CC=C=COC(C)=O. The Morgan fingerprint density at radius 1 is 1.82 bits per heavy atom. The van der Waals surface area contributed by atoms with Crippen LogP contribution in [0, 0.1) is 0 Å². The van der Waals surface area contributed by atoms with Crippen LogP contribution in [0.3, 0.4) is 0 Å². The smallest absolute Gasteiger partial charge is 0.308 e. The molecule has 11 heavy (non-hydrogen) atoms. The van der Waals surface area contributed by atoms with Gasteiger partial charge in [0.2, 0.25) is 0 Å². The fourth-order valence-electron chi connectivity index (χ4n) is 0.335. The van der Waals surface area contributed by atoms with Crippen molar-refractivity contribution in [1.82, 2.24) is 0 Å². The highest BCUT2D eigenvalue weighted by Crippen LogP contribution is 2.02. The maximum Gasteiger partial charge on any atom is 0.308 e. The fourth-order valence-corrected chi connectivity index (χ4v) is 0.412. The molecule has 0 heterocycles. The second-order valence-electron chi connectivity index (χ2n) is 1.82. The van der Waals surface area contributed by atoms with Crippen molar-refractivity contribution in [3.8, 4) is 0 Å². The summed E-state index contributed by atoms with van der Waals surface area (Å²) in [6.07, 6.45) is 3.33. The molecular weight excluding hydrogens is 164 g/mol. The van der Waals surface area contributed by atoms with Gasteiger partial charge in [0.25, 0.3) is 0 Å². The number of allylic oxidation sites excluding steroid dienone is 2. The zero-order valence-electron chi connectivity index (χ0n) is 6.26. The highest BCUT2D eigenvalue weighted by Gasteiger charge is 1.82. The molecule has 0 aliphatic rings. The first-order chi connectivity index (χ1) is 5.13. The maximum atomic E-state index is 10.2. The third-order valence-corrected chi connectivity index (χ3v) is 0.889. The van der Waals surface area contributed by atoms with Crippen LogP contribution in [0.1, 0.15) is 13.3 Å². The highest BCUT2D eigenvalue weighted by molar-refractivity contribution is 6.29. The van der Waals surface area contributed by atoms with Gasteiger partial charge in [0.05, 0.1) is 0 Å². The van der Waals surface area contributed by atoms with E-state index in [1.54, 1.807) is 6.08 Å². The summed E-state index contributed by atoms with van der Waals surface area (Å²) < 4.78 is 4.44. The molecule has 0 rings (SSSR count). The number of halogens is 1. The molecule has 0 radical (unpaired) electrons. The number of carbonyl (C=O) groups is 1. The molecule has 3 heteroatoms. The van der Waals surface area contributed by atoms with Gasteiger partial charge in [-0.05, 0) is 6.08 Å². The average Bonchev–Trinajstić information content (AvgIpc) is 1.85. The van der Waals surface area contributed by atoms with E-state index in [2.05, 4.69) is 17.0 Å². The molecule has 0 aliphatic carbocycles. The number of rotatable bonds is 3. The van der Waals surface area contributed by atoms with Crippen molar-refractivity contribution in [2.75, 3.05) is 0 Å².